The zero-order valence-corrected chi connectivity index (χ0v) is 18.2. The molecule has 0 N–H and O–H groups in total. The fraction of sp³-hybridized carbons (Fsp3) is 0.304. The van der Waals surface area contributed by atoms with Gasteiger partial charge in [0.15, 0.2) is 16.3 Å². The highest BCUT2D eigenvalue weighted by molar-refractivity contribution is 7.07. The molecule has 0 amide bonds. The van der Waals surface area contributed by atoms with E-state index in [0.717, 1.165) is 11.3 Å². The van der Waals surface area contributed by atoms with Gasteiger partial charge in [-0.1, -0.05) is 35.6 Å². The third kappa shape index (κ3) is 3.56. The second-order valence-electron chi connectivity index (χ2n) is 7.73. The lowest BCUT2D eigenvalue weighted by molar-refractivity contribution is -0.0514. The number of alkyl halides is 2. The average molecular weight is 458 g/mol. The lowest BCUT2D eigenvalue weighted by Gasteiger charge is -2.39. The molecule has 6 nitrogen and oxygen atoms in total. The van der Waals surface area contributed by atoms with Gasteiger partial charge in [-0.15, -0.1) is 0 Å². The Bertz CT molecular complexity index is 1370. The molecule has 0 saturated heterocycles. The van der Waals surface area contributed by atoms with Gasteiger partial charge < -0.3 is 14.2 Å². The van der Waals surface area contributed by atoms with Gasteiger partial charge in [0.25, 0.3) is 5.56 Å². The Balaban J connectivity index is 1.62. The van der Waals surface area contributed by atoms with Crippen LogP contribution in [-0.4, -0.2) is 23.5 Å². The van der Waals surface area contributed by atoms with Crippen LogP contribution in [0.4, 0.5) is 8.78 Å². The number of fused-ring (bicyclic) bond motifs is 6. The Kier molecular flexibility index (Phi) is 5.00. The summed E-state index contributed by atoms with van der Waals surface area (Å²) in [5.41, 5.74) is 0.713. The molecule has 3 aromatic rings. The van der Waals surface area contributed by atoms with Crippen molar-refractivity contribution < 1.29 is 23.0 Å². The molecule has 9 heteroatoms. The van der Waals surface area contributed by atoms with Crippen LogP contribution in [0.25, 0.3) is 6.08 Å². The fourth-order valence-corrected chi connectivity index (χ4v) is 5.29. The van der Waals surface area contributed by atoms with E-state index in [1.54, 1.807) is 29.7 Å². The van der Waals surface area contributed by atoms with Crippen LogP contribution in [0.3, 0.4) is 0 Å². The first kappa shape index (κ1) is 20.7. The fourth-order valence-electron chi connectivity index (χ4n) is 4.16. The highest BCUT2D eigenvalue weighted by atomic mass is 32.1. The Morgan fingerprint density at radius 2 is 2.12 bits per heavy atom. The first-order valence-electron chi connectivity index (χ1n) is 10.2. The average Bonchev–Trinajstić information content (AvgIpc) is 3.03. The predicted octanol–water partition coefficient (Wildman–Crippen LogP) is 3.46. The molecule has 1 aromatic heterocycles. The molecule has 0 spiro atoms. The van der Waals surface area contributed by atoms with Crippen molar-refractivity contribution in [2.75, 3.05) is 6.61 Å². The second kappa shape index (κ2) is 7.74. The normalized spacial score (nSPS) is 21.4. The highest BCUT2D eigenvalue weighted by Crippen LogP contribution is 2.42. The predicted molar refractivity (Wildman–Crippen MR) is 115 cm³/mol. The van der Waals surface area contributed by atoms with Crippen LogP contribution in [0.15, 0.2) is 52.3 Å². The molecule has 2 atom stereocenters. The summed E-state index contributed by atoms with van der Waals surface area (Å²) in [5, 5.41) is 0. The van der Waals surface area contributed by atoms with Crippen molar-refractivity contribution >= 4 is 17.4 Å². The van der Waals surface area contributed by atoms with E-state index < -0.39 is 12.3 Å². The summed E-state index contributed by atoms with van der Waals surface area (Å²) in [6.07, 6.45) is 2.28. The van der Waals surface area contributed by atoms with E-state index in [1.807, 2.05) is 31.2 Å². The molecule has 166 valence electrons. The Morgan fingerprint density at radius 3 is 2.91 bits per heavy atom. The van der Waals surface area contributed by atoms with Gasteiger partial charge in [-0.3, -0.25) is 9.36 Å². The number of hydrogen-bond donors (Lipinski definition) is 0. The lowest BCUT2D eigenvalue weighted by atomic mass is 9.93. The molecule has 0 unspecified atom stereocenters. The van der Waals surface area contributed by atoms with Crippen LogP contribution in [0.1, 0.15) is 37.4 Å². The largest absolute Gasteiger partial charge is 0.490 e. The van der Waals surface area contributed by atoms with Gasteiger partial charge in [0, 0.05) is 12.0 Å². The van der Waals surface area contributed by atoms with Crippen molar-refractivity contribution in [3.05, 3.63) is 73.3 Å². The van der Waals surface area contributed by atoms with Gasteiger partial charge >= 0.3 is 6.61 Å². The quantitative estimate of drug-likeness (QED) is 0.588. The first-order valence-corrected chi connectivity index (χ1v) is 11.0. The summed E-state index contributed by atoms with van der Waals surface area (Å²) < 4.78 is 43.6. The number of hydrogen-bond acceptors (Lipinski definition) is 6. The Labute approximate surface area is 186 Å². The van der Waals surface area contributed by atoms with Gasteiger partial charge in [-0.2, -0.15) is 8.78 Å². The van der Waals surface area contributed by atoms with E-state index in [4.69, 9.17) is 14.5 Å². The number of ether oxygens (including phenoxy) is 3. The molecule has 2 aromatic carbocycles. The number of thiazole rings is 1. The monoisotopic (exact) mass is 458 g/mol. The molecule has 32 heavy (non-hydrogen) atoms. The molecule has 5 rings (SSSR count). The smallest absolute Gasteiger partial charge is 0.387 e. The third-order valence-electron chi connectivity index (χ3n) is 5.44. The summed E-state index contributed by atoms with van der Waals surface area (Å²) >= 11 is 1.28. The van der Waals surface area contributed by atoms with Crippen LogP contribution >= 0.6 is 11.3 Å². The van der Waals surface area contributed by atoms with Gasteiger partial charge in [-0.05, 0) is 43.7 Å². The van der Waals surface area contributed by atoms with Crippen LogP contribution in [0.2, 0.25) is 0 Å². The SMILES string of the molecule is CCOc1cc(/C=c2\sc3n(c2=O)[C@@H]2C[C@](C)(N=3)Oc3ccccc32)ccc1OC(F)F. The van der Waals surface area contributed by atoms with E-state index >= 15 is 0 Å². The van der Waals surface area contributed by atoms with E-state index in [1.165, 1.54) is 17.4 Å². The molecular formula is C23H20F2N2O4S. The summed E-state index contributed by atoms with van der Waals surface area (Å²) in [6.45, 7) is 1.01. The number of nitrogens with zero attached hydrogens (tertiary/aromatic N) is 2. The number of halogens is 2. The van der Waals surface area contributed by atoms with Gasteiger partial charge in [0.05, 0.1) is 17.2 Å². The molecule has 3 heterocycles. The van der Waals surface area contributed by atoms with Crippen molar-refractivity contribution in [1.82, 2.24) is 4.57 Å². The first-order chi connectivity index (χ1) is 15.4. The minimum absolute atomic E-state index is 0.0494. The number of para-hydroxylation sites is 1. The summed E-state index contributed by atoms with van der Waals surface area (Å²) in [7, 11) is 0. The molecule has 2 bridgehead atoms. The van der Waals surface area contributed by atoms with Crippen molar-refractivity contribution in [2.24, 2.45) is 4.99 Å². The molecule has 0 aliphatic carbocycles. The van der Waals surface area contributed by atoms with Crippen molar-refractivity contribution in [3.8, 4) is 17.2 Å². The number of rotatable bonds is 5. The van der Waals surface area contributed by atoms with Crippen LogP contribution in [-0.2, 0) is 0 Å². The third-order valence-corrected chi connectivity index (χ3v) is 6.43. The summed E-state index contributed by atoms with van der Waals surface area (Å²) in [4.78, 5) is 18.7. The number of aromatic nitrogens is 1. The molecule has 2 aliphatic heterocycles. The minimum Gasteiger partial charge on any atom is -0.490 e. The van der Waals surface area contributed by atoms with Gasteiger partial charge in [-0.25, -0.2) is 4.99 Å². The molecule has 0 radical (unpaired) electrons. The van der Waals surface area contributed by atoms with E-state index in [2.05, 4.69) is 4.74 Å². The van der Waals surface area contributed by atoms with Gasteiger partial charge in [0.1, 0.15) is 5.75 Å². The Morgan fingerprint density at radius 1 is 1.31 bits per heavy atom. The zero-order valence-electron chi connectivity index (χ0n) is 17.4. The van der Waals surface area contributed by atoms with Crippen molar-refractivity contribution in [1.29, 1.82) is 0 Å². The molecule has 0 fully saturated rings. The number of benzene rings is 2. The summed E-state index contributed by atoms with van der Waals surface area (Å²) in [6, 6.07) is 12.1. The topological polar surface area (TPSA) is 62.1 Å². The minimum atomic E-state index is -2.95. The van der Waals surface area contributed by atoms with Crippen LogP contribution < -0.4 is 29.1 Å². The molecule has 0 saturated carbocycles. The van der Waals surface area contributed by atoms with Crippen molar-refractivity contribution in [3.63, 3.8) is 0 Å². The van der Waals surface area contributed by atoms with E-state index in [9.17, 15) is 13.6 Å². The molecular weight excluding hydrogens is 438 g/mol. The summed E-state index contributed by atoms with van der Waals surface area (Å²) in [5.74, 6) is 0.880. The zero-order chi connectivity index (χ0) is 22.5. The standard InChI is InChI=1S/C23H20F2N2O4S/c1-3-29-18-10-13(8-9-17(18)30-21(24)25)11-19-20(28)27-15-12-23(2,26-22(27)32-19)31-16-7-5-4-6-14(15)16/h4-11,15,21H,3,12H2,1-2H3/b19-11-/t15-,23-/m1/s1. The maximum absolute atomic E-state index is 13.3. The second-order valence-corrected chi connectivity index (χ2v) is 8.74. The molecule has 2 aliphatic rings. The van der Waals surface area contributed by atoms with Crippen LogP contribution in [0.5, 0.6) is 17.2 Å². The lowest BCUT2D eigenvalue weighted by Crippen LogP contribution is -2.49. The van der Waals surface area contributed by atoms with Gasteiger partial charge in [0.2, 0.25) is 5.72 Å². The van der Waals surface area contributed by atoms with E-state index in [-0.39, 0.29) is 29.7 Å². The maximum atomic E-state index is 13.3. The Hall–Kier alpha value is -3.20. The highest BCUT2D eigenvalue weighted by Gasteiger charge is 2.42. The van der Waals surface area contributed by atoms with Crippen LogP contribution in [0, 0.1) is 0 Å². The van der Waals surface area contributed by atoms with Crippen molar-refractivity contribution in [2.45, 2.75) is 38.6 Å². The van der Waals surface area contributed by atoms with E-state index in [0.29, 0.717) is 21.3 Å². The maximum Gasteiger partial charge on any atom is 0.387 e.